The van der Waals surface area contributed by atoms with Gasteiger partial charge in [0.25, 0.3) is 0 Å². The molecule has 10 fully saturated rings. The van der Waals surface area contributed by atoms with Crippen LogP contribution in [0.5, 0.6) is 0 Å². The van der Waals surface area contributed by atoms with Crippen LogP contribution < -0.4 is 0 Å². The normalized spacial score (nSPS) is 79.5. The Morgan fingerprint density at radius 1 is 0.556 bits per heavy atom. The van der Waals surface area contributed by atoms with E-state index in [4.69, 9.17) is 0 Å². The van der Waals surface area contributed by atoms with E-state index in [2.05, 4.69) is 30.3 Å². The van der Waals surface area contributed by atoms with Gasteiger partial charge in [0.05, 0.1) is 0 Å². The van der Waals surface area contributed by atoms with Crippen molar-refractivity contribution in [2.75, 3.05) is 0 Å². The van der Waals surface area contributed by atoms with E-state index in [0.29, 0.717) is 0 Å². The highest BCUT2D eigenvalue weighted by Gasteiger charge is 2.95. The molecule has 0 amide bonds. The van der Waals surface area contributed by atoms with Gasteiger partial charge in [-0.3, -0.25) is 0 Å². The first-order valence-electron chi connectivity index (χ1n) is 12.5. The summed E-state index contributed by atoms with van der Waals surface area (Å²) in [7, 11) is 0. The molecule has 0 heterocycles. The molecule has 0 spiro atoms. The van der Waals surface area contributed by atoms with E-state index in [1.807, 2.05) is 0 Å². The maximum absolute atomic E-state index is 2.49. The number of hydrogen-bond donors (Lipinski definition) is 0. The Labute approximate surface area is 161 Å². The molecule has 0 saturated heterocycles. The fraction of sp³-hybridized carbons (Fsp3) is 0.778. The molecule has 0 aromatic heterocycles. The second-order valence-electron chi connectivity index (χ2n) is 13.3. The first kappa shape index (κ1) is 12.7. The lowest BCUT2D eigenvalue weighted by molar-refractivity contribution is 0.0556. The summed E-state index contributed by atoms with van der Waals surface area (Å²) in [6.07, 6.45) is 4.92. The smallest absolute Gasteiger partial charge is 0.0155 e. The Kier molecular flexibility index (Phi) is 1.54. The highest BCUT2D eigenvalue weighted by atomic mass is 15.0. The summed E-state index contributed by atoms with van der Waals surface area (Å²) in [5, 5.41) is 0. The SMILES string of the molecule is c1ccc(CC23C4[C@@H]5C[C@H]6C7C8[C@@H]9[C@@H]%10[C@H]([C@@H]2[C@@H]9[C@H]2[C@@H]8[C@H]6[C@@H]5[C@@H]23)[C@H]4C[C@H]7%10)cc1. The minimum atomic E-state index is 0.784. The van der Waals surface area contributed by atoms with Crippen LogP contribution in [0.25, 0.3) is 0 Å². The lowest BCUT2D eigenvalue weighted by atomic mass is 9.61. The molecule has 0 nitrogen and oxygen atoms in total. The minimum Gasteiger partial charge on any atom is -0.0622 e. The van der Waals surface area contributed by atoms with Crippen molar-refractivity contribution in [1.29, 1.82) is 0 Å². The molecule has 0 N–H and O–H groups in total. The van der Waals surface area contributed by atoms with Crippen LogP contribution in [0, 0.1) is 106 Å². The van der Waals surface area contributed by atoms with Gasteiger partial charge in [-0.15, -0.1) is 0 Å². The molecule has 1 aromatic carbocycles. The van der Waals surface area contributed by atoms with Crippen LogP contribution in [0.2, 0.25) is 0 Å². The molecule has 10 saturated carbocycles. The van der Waals surface area contributed by atoms with Gasteiger partial charge in [-0.1, -0.05) is 30.3 Å². The molecule has 10 aliphatic carbocycles. The summed E-state index contributed by atoms with van der Waals surface area (Å²) in [6, 6.07) is 11.9. The average Bonchev–Trinajstić information content (AvgIpc) is 3.41. The molecular weight excluding hydrogens is 324 g/mol. The van der Waals surface area contributed by atoms with Gasteiger partial charge in [-0.2, -0.15) is 0 Å². The van der Waals surface area contributed by atoms with E-state index in [-0.39, 0.29) is 0 Å². The van der Waals surface area contributed by atoms with Crippen LogP contribution >= 0.6 is 0 Å². The Morgan fingerprint density at radius 2 is 1.15 bits per heavy atom. The van der Waals surface area contributed by atoms with Crippen molar-refractivity contribution in [2.45, 2.75) is 19.3 Å². The zero-order valence-corrected chi connectivity index (χ0v) is 15.8. The zero-order valence-electron chi connectivity index (χ0n) is 15.8. The van der Waals surface area contributed by atoms with Gasteiger partial charge < -0.3 is 0 Å². The van der Waals surface area contributed by atoms with E-state index in [1.165, 1.54) is 107 Å². The molecule has 11 rings (SSSR count). The second kappa shape index (κ2) is 3.27. The van der Waals surface area contributed by atoms with Crippen LogP contribution in [0.3, 0.4) is 0 Å². The van der Waals surface area contributed by atoms with Crippen molar-refractivity contribution < 1.29 is 0 Å². The average molecular weight is 353 g/mol. The van der Waals surface area contributed by atoms with Crippen LogP contribution in [-0.2, 0) is 6.42 Å². The van der Waals surface area contributed by atoms with Crippen LogP contribution in [-0.4, -0.2) is 0 Å². The van der Waals surface area contributed by atoms with Crippen molar-refractivity contribution in [1.82, 2.24) is 0 Å². The topological polar surface area (TPSA) is 0 Å². The molecule has 18 atom stereocenters. The molecular formula is C27H28. The Bertz CT molecular complexity index is 904. The van der Waals surface area contributed by atoms with Crippen LogP contribution in [0.4, 0.5) is 0 Å². The Hall–Kier alpha value is -0.780. The van der Waals surface area contributed by atoms with Crippen molar-refractivity contribution in [2.24, 2.45) is 106 Å². The van der Waals surface area contributed by atoms with E-state index >= 15 is 0 Å². The summed E-state index contributed by atoms with van der Waals surface area (Å²) in [5.41, 5.74) is 2.49. The fourth-order valence-corrected chi connectivity index (χ4v) is 15.8. The van der Waals surface area contributed by atoms with Gasteiger partial charge in [-0.05, 0) is 131 Å². The second-order valence-corrected chi connectivity index (χ2v) is 13.3. The summed E-state index contributed by atoms with van der Waals surface area (Å²) in [5.74, 6) is 20.8. The monoisotopic (exact) mass is 352 g/mol. The molecule has 1 aromatic rings. The number of rotatable bonds is 2. The van der Waals surface area contributed by atoms with Gasteiger partial charge in [-0.25, -0.2) is 0 Å². The molecule has 136 valence electrons. The molecule has 27 heavy (non-hydrogen) atoms. The predicted molar refractivity (Wildman–Crippen MR) is 101 cm³/mol. The number of benzene rings is 1. The lowest BCUT2D eigenvalue weighted by Crippen LogP contribution is -2.39. The maximum atomic E-state index is 2.49. The molecule has 0 radical (unpaired) electrons. The van der Waals surface area contributed by atoms with Crippen molar-refractivity contribution in [3.05, 3.63) is 35.9 Å². The third-order valence-corrected chi connectivity index (χ3v) is 14.3. The third kappa shape index (κ3) is 0.854. The molecule has 0 bridgehead atoms. The van der Waals surface area contributed by atoms with Gasteiger partial charge in [0.2, 0.25) is 0 Å². The van der Waals surface area contributed by atoms with E-state index < -0.39 is 0 Å². The minimum absolute atomic E-state index is 0.784. The molecule has 0 heteroatoms. The van der Waals surface area contributed by atoms with Gasteiger partial charge in [0, 0.05) is 0 Å². The summed E-state index contributed by atoms with van der Waals surface area (Å²) < 4.78 is 0. The van der Waals surface area contributed by atoms with E-state index in [0.717, 1.165) is 5.41 Å². The highest BCUT2D eigenvalue weighted by Crippen LogP contribution is 2.99. The van der Waals surface area contributed by atoms with Crippen molar-refractivity contribution >= 4 is 0 Å². The summed E-state index contributed by atoms with van der Waals surface area (Å²) in [6.45, 7) is 0. The van der Waals surface area contributed by atoms with Gasteiger partial charge in [0.1, 0.15) is 0 Å². The fourth-order valence-electron chi connectivity index (χ4n) is 15.8. The van der Waals surface area contributed by atoms with Crippen molar-refractivity contribution in [3.8, 4) is 0 Å². The van der Waals surface area contributed by atoms with Gasteiger partial charge in [0.15, 0.2) is 0 Å². The van der Waals surface area contributed by atoms with E-state index in [1.54, 1.807) is 18.4 Å². The van der Waals surface area contributed by atoms with Crippen molar-refractivity contribution in [3.63, 3.8) is 0 Å². The van der Waals surface area contributed by atoms with Crippen LogP contribution in [0.1, 0.15) is 18.4 Å². The van der Waals surface area contributed by atoms with Gasteiger partial charge >= 0.3 is 0 Å². The predicted octanol–water partition coefficient (Wildman–Crippen LogP) is 4.61. The summed E-state index contributed by atoms with van der Waals surface area (Å²) >= 11 is 0. The standard InChI is InChI=1S/C27H28/c1-2-4-9(5-3-1)8-27-24-12-6-10-14-11-7-13(24)18-16(11)21-19(14)20-15(10)17(12)25(27)22(20)23(21)26(18)27/h1-5,10-26H,6-8H2/t10-,11+,12-,13-,14?,15+,16-,17-,18-,19?,20+,21-,22+,23-,24?,25-,26+,27?/m1/s1. The summed E-state index contributed by atoms with van der Waals surface area (Å²) in [4.78, 5) is 0. The third-order valence-electron chi connectivity index (χ3n) is 14.3. The lowest BCUT2D eigenvalue weighted by Gasteiger charge is -2.43. The number of fused-ring (bicyclic) bond motifs is 4. The van der Waals surface area contributed by atoms with E-state index in [9.17, 15) is 0 Å². The highest BCUT2D eigenvalue weighted by molar-refractivity contribution is 5.43. The maximum Gasteiger partial charge on any atom is -0.0155 e. The zero-order chi connectivity index (χ0) is 16.5. The first-order chi connectivity index (χ1) is 13.4. The Morgan fingerprint density at radius 3 is 1.78 bits per heavy atom. The molecule has 10 aliphatic rings. The van der Waals surface area contributed by atoms with Crippen LogP contribution in [0.15, 0.2) is 30.3 Å². The molecule has 0 aliphatic heterocycles. The largest absolute Gasteiger partial charge is 0.0622 e. The first-order valence-corrected chi connectivity index (χ1v) is 12.5. The Balaban J connectivity index is 1.27. The quantitative estimate of drug-likeness (QED) is 0.729. The molecule has 4 unspecified atom stereocenters. The number of hydrogen-bond acceptors (Lipinski definition) is 0.